The molecular weight excluding hydrogens is 444 g/mol. The summed E-state index contributed by atoms with van der Waals surface area (Å²) in [6.07, 6.45) is 1.44. The van der Waals surface area contributed by atoms with E-state index in [2.05, 4.69) is 11.4 Å². The fourth-order valence-corrected chi connectivity index (χ4v) is 4.05. The van der Waals surface area contributed by atoms with Crippen LogP contribution in [0.3, 0.4) is 0 Å². The van der Waals surface area contributed by atoms with Crippen molar-refractivity contribution in [1.82, 2.24) is 5.32 Å². The molecule has 0 spiro atoms. The molecule has 0 atom stereocenters. The highest BCUT2D eigenvalue weighted by Gasteiger charge is 2.37. The van der Waals surface area contributed by atoms with Gasteiger partial charge in [0.05, 0.1) is 12.8 Å². The molecule has 1 aliphatic rings. The van der Waals surface area contributed by atoms with Gasteiger partial charge in [0, 0.05) is 11.6 Å². The van der Waals surface area contributed by atoms with E-state index in [-0.39, 0.29) is 5.57 Å². The maximum absolute atomic E-state index is 13.3. The number of para-hydroxylation sites is 1. The molecule has 178 valence electrons. The SMILES string of the molecule is COc1ccc(/C=C2\C(=O)NC(=O)N(c3ccccc3C)C2=O)c(OCc2cc(C)cc(C)c2)c1. The molecule has 0 aliphatic carbocycles. The molecule has 7 heteroatoms. The Morgan fingerprint density at radius 3 is 2.31 bits per heavy atom. The summed E-state index contributed by atoms with van der Waals surface area (Å²) in [5.41, 5.74) is 4.72. The molecular formula is C28H26N2O5. The summed E-state index contributed by atoms with van der Waals surface area (Å²) in [4.78, 5) is 39.5. The lowest BCUT2D eigenvalue weighted by atomic mass is 10.0. The lowest BCUT2D eigenvalue weighted by Gasteiger charge is -2.27. The number of urea groups is 1. The first-order valence-electron chi connectivity index (χ1n) is 11.1. The van der Waals surface area contributed by atoms with Gasteiger partial charge in [0.2, 0.25) is 0 Å². The number of nitrogens with one attached hydrogen (secondary N) is 1. The second kappa shape index (κ2) is 9.85. The molecule has 0 aromatic heterocycles. The minimum Gasteiger partial charge on any atom is -0.497 e. The van der Waals surface area contributed by atoms with Gasteiger partial charge < -0.3 is 9.47 Å². The van der Waals surface area contributed by atoms with Crippen LogP contribution in [0.4, 0.5) is 10.5 Å². The number of carbonyl (C=O) groups excluding carboxylic acids is 3. The van der Waals surface area contributed by atoms with Crippen molar-refractivity contribution in [2.24, 2.45) is 0 Å². The zero-order valence-electron chi connectivity index (χ0n) is 20.0. The highest BCUT2D eigenvalue weighted by atomic mass is 16.5. The second-order valence-corrected chi connectivity index (χ2v) is 8.43. The number of hydrogen-bond donors (Lipinski definition) is 1. The Morgan fingerprint density at radius 1 is 0.914 bits per heavy atom. The molecule has 7 nitrogen and oxygen atoms in total. The van der Waals surface area contributed by atoms with Gasteiger partial charge >= 0.3 is 6.03 Å². The molecule has 0 saturated carbocycles. The number of nitrogens with zero attached hydrogens (tertiary/aromatic N) is 1. The van der Waals surface area contributed by atoms with Crippen LogP contribution in [-0.2, 0) is 16.2 Å². The van der Waals surface area contributed by atoms with Gasteiger partial charge in [-0.05, 0) is 56.2 Å². The summed E-state index contributed by atoms with van der Waals surface area (Å²) >= 11 is 0. The smallest absolute Gasteiger partial charge is 0.335 e. The van der Waals surface area contributed by atoms with E-state index in [1.54, 1.807) is 50.4 Å². The maximum atomic E-state index is 13.3. The molecule has 4 amide bonds. The van der Waals surface area contributed by atoms with Crippen molar-refractivity contribution in [3.8, 4) is 11.5 Å². The van der Waals surface area contributed by atoms with Crippen LogP contribution < -0.4 is 19.7 Å². The average Bonchev–Trinajstić information content (AvgIpc) is 2.81. The van der Waals surface area contributed by atoms with Gasteiger partial charge in [0.1, 0.15) is 23.7 Å². The van der Waals surface area contributed by atoms with Crippen molar-refractivity contribution in [2.45, 2.75) is 27.4 Å². The molecule has 3 aromatic rings. The van der Waals surface area contributed by atoms with Gasteiger partial charge in [-0.25, -0.2) is 9.69 Å². The lowest BCUT2D eigenvalue weighted by molar-refractivity contribution is -0.122. The van der Waals surface area contributed by atoms with Crippen LogP contribution >= 0.6 is 0 Å². The zero-order valence-corrected chi connectivity index (χ0v) is 20.0. The Kier molecular flexibility index (Phi) is 6.68. The first-order valence-corrected chi connectivity index (χ1v) is 11.1. The third-order valence-corrected chi connectivity index (χ3v) is 5.65. The number of imide groups is 2. The van der Waals surface area contributed by atoms with Crippen molar-refractivity contribution in [3.63, 3.8) is 0 Å². The van der Waals surface area contributed by atoms with Gasteiger partial charge in [-0.15, -0.1) is 0 Å². The average molecular weight is 471 g/mol. The summed E-state index contributed by atoms with van der Waals surface area (Å²) in [5, 5.41) is 2.26. The zero-order chi connectivity index (χ0) is 25.1. The second-order valence-electron chi connectivity index (χ2n) is 8.43. The summed E-state index contributed by atoms with van der Waals surface area (Å²) < 4.78 is 11.4. The molecule has 0 unspecified atom stereocenters. The molecule has 1 saturated heterocycles. The first kappa shape index (κ1) is 23.8. The fourth-order valence-electron chi connectivity index (χ4n) is 4.05. The molecule has 1 N–H and O–H groups in total. The normalized spacial score (nSPS) is 14.8. The van der Waals surface area contributed by atoms with Crippen LogP contribution in [0.2, 0.25) is 0 Å². The van der Waals surface area contributed by atoms with Crippen molar-refractivity contribution in [1.29, 1.82) is 0 Å². The number of benzene rings is 3. The minimum atomic E-state index is -0.785. The number of ether oxygens (including phenoxy) is 2. The van der Waals surface area contributed by atoms with E-state index >= 15 is 0 Å². The first-order chi connectivity index (χ1) is 16.8. The van der Waals surface area contributed by atoms with E-state index in [4.69, 9.17) is 9.47 Å². The standard InChI is InChI=1S/C28H26N2O5/c1-17-11-18(2)13-20(12-17)16-35-25-15-22(34-4)10-9-21(25)14-23-26(31)29-28(33)30(27(23)32)24-8-6-5-7-19(24)3/h5-15H,16H2,1-4H3,(H,29,31,33)/b23-14+. The Labute approximate surface area is 204 Å². The van der Waals surface area contributed by atoms with Crippen LogP contribution in [0.25, 0.3) is 6.08 Å². The number of hydrogen-bond acceptors (Lipinski definition) is 5. The van der Waals surface area contributed by atoms with Gasteiger partial charge in [-0.3, -0.25) is 14.9 Å². The van der Waals surface area contributed by atoms with Crippen molar-refractivity contribution in [2.75, 3.05) is 12.0 Å². The predicted molar refractivity (Wildman–Crippen MR) is 133 cm³/mol. The summed E-state index contributed by atoms with van der Waals surface area (Å²) in [6.45, 7) is 6.12. The Morgan fingerprint density at radius 2 is 1.63 bits per heavy atom. The van der Waals surface area contributed by atoms with E-state index in [0.717, 1.165) is 27.2 Å². The monoisotopic (exact) mass is 470 g/mol. The highest BCUT2D eigenvalue weighted by molar-refractivity contribution is 6.39. The van der Waals surface area contributed by atoms with E-state index in [9.17, 15) is 14.4 Å². The molecule has 3 aromatic carbocycles. The van der Waals surface area contributed by atoms with Crippen LogP contribution in [0.15, 0.2) is 66.2 Å². The summed E-state index contributed by atoms with van der Waals surface area (Å²) in [6, 6.07) is 17.5. The molecule has 35 heavy (non-hydrogen) atoms. The third kappa shape index (κ3) is 5.09. The molecule has 0 radical (unpaired) electrons. The number of rotatable bonds is 6. The number of carbonyl (C=O) groups is 3. The summed E-state index contributed by atoms with van der Waals surface area (Å²) in [7, 11) is 1.55. The molecule has 1 fully saturated rings. The van der Waals surface area contributed by atoms with E-state index in [1.807, 2.05) is 32.0 Å². The molecule has 1 aliphatic heterocycles. The quantitative estimate of drug-likeness (QED) is 0.411. The Balaban J connectivity index is 1.70. The predicted octanol–water partition coefficient (Wildman–Crippen LogP) is 4.87. The van der Waals surface area contributed by atoms with Gasteiger partial charge in [0.15, 0.2) is 0 Å². The molecule has 1 heterocycles. The third-order valence-electron chi connectivity index (χ3n) is 5.65. The van der Waals surface area contributed by atoms with Gasteiger partial charge in [-0.2, -0.15) is 0 Å². The van der Waals surface area contributed by atoms with Crippen molar-refractivity contribution >= 4 is 29.6 Å². The van der Waals surface area contributed by atoms with E-state index < -0.39 is 17.8 Å². The Hall–Kier alpha value is -4.39. The van der Waals surface area contributed by atoms with Crippen LogP contribution in [-0.4, -0.2) is 25.0 Å². The topological polar surface area (TPSA) is 84.9 Å². The van der Waals surface area contributed by atoms with Gasteiger partial charge in [-0.1, -0.05) is 47.5 Å². The Bertz CT molecular complexity index is 1340. The number of barbiturate groups is 1. The van der Waals surface area contributed by atoms with E-state index in [0.29, 0.717) is 29.4 Å². The number of methoxy groups -OCH3 is 1. The number of amides is 4. The maximum Gasteiger partial charge on any atom is 0.335 e. The molecule has 0 bridgehead atoms. The van der Waals surface area contributed by atoms with Crippen molar-refractivity contribution < 1.29 is 23.9 Å². The van der Waals surface area contributed by atoms with Crippen molar-refractivity contribution in [3.05, 3.63) is 94.1 Å². The molecule has 4 rings (SSSR count). The van der Waals surface area contributed by atoms with E-state index in [1.165, 1.54) is 6.08 Å². The number of aryl methyl sites for hydroxylation is 3. The lowest BCUT2D eigenvalue weighted by Crippen LogP contribution is -2.54. The van der Waals surface area contributed by atoms with Crippen LogP contribution in [0.1, 0.15) is 27.8 Å². The summed E-state index contributed by atoms with van der Waals surface area (Å²) in [5.74, 6) is -0.459. The van der Waals surface area contributed by atoms with Crippen LogP contribution in [0, 0.1) is 20.8 Å². The largest absolute Gasteiger partial charge is 0.497 e. The number of anilines is 1. The minimum absolute atomic E-state index is 0.172. The van der Waals surface area contributed by atoms with Crippen LogP contribution in [0.5, 0.6) is 11.5 Å². The highest BCUT2D eigenvalue weighted by Crippen LogP contribution is 2.30. The van der Waals surface area contributed by atoms with Gasteiger partial charge in [0.25, 0.3) is 11.8 Å². The fraction of sp³-hybridized carbons (Fsp3) is 0.179.